The van der Waals surface area contributed by atoms with Crippen LogP contribution in [0.25, 0.3) is 75.5 Å². The molecule has 2 heteroatoms. The van der Waals surface area contributed by atoms with Crippen molar-refractivity contribution in [3.8, 4) is 44.5 Å². The third-order valence-electron chi connectivity index (χ3n) is 12.1. The molecular weight excluding hydrogens is 707 g/mol. The van der Waals surface area contributed by atoms with Crippen LogP contribution >= 0.6 is 11.3 Å². The van der Waals surface area contributed by atoms with Crippen LogP contribution in [0, 0.1) is 0 Å². The molecule has 0 spiro atoms. The Morgan fingerprint density at radius 2 is 0.947 bits per heavy atom. The van der Waals surface area contributed by atoms with E-state index in [-0.39, 0.29) is 5.41 Å². The highest BCUT2D eigenvalue weighted by Crippen LogP contribution is 2.50. The van der Waals surface area contributed by atoms with Gasteiger partial charge in [-0.3, -0.25) is 0 Å². The zero-order chi connectivity index (χ0) is 38.1. The standard InChI is InChI=1S/C55H39NS/c1-55(2)50-21-7-5-17-46(50)47-33-28-40(35-51(47)55)37-26-31-43(32-27-37)56(52-22-11-20-49-48-18-6-8-23-53(48)57-54(49)52)42-29-24-36(25-30-42)39-14-9-15-41(34-39)45-19-10-13-38-12-3-4-16-44(38)45/h3-35H,1-2H3. The van der Waals surface area contributed by atoms with Crippen LogP contribution in [-0.2, 0) is 5.41 Å². The second-order valence-corrected chi connectivity index (χ2v) is 16.8. The number of hydrogen-bond acceptors (Lipinski definition) is 2. The first-order valence-electron chi connectivity index (χ1n) is 19.8. The van der Waals surface area contributed by atoms with Gasteiger partial charge in [-0.05, 0) is 115 Å². The first kappa shape index (κ1) is 33.6. The third-order valence-corrected chi connectivity index (χ3v) is 13.3. The van der Waals surface area contributed by atoms with Gasteiger partial charge in [0.15, 0.2) is 0 Å². The van der Waals surface area contributed by atoms with Crippen molar-refractivity contribution in [3.63, 3.8) is 0 Å². The Kier molecular flexibility index (Phi) is 7.77. The highest BCUT2D eigenvalue weighted by atomic mass is 32.1. The van der Waals surface area contributed by atoms with Crippen LogP contribution in [0.4, 0.5) is 17.1 Å². The molecule has 0 bridgehead atoms. The zero-order valence-corrected chi connectivity index (χ0v) is 32.7. The van der Waals surface area contributed by atoms with Gasteiger partial charge in [0.1, 0.15) is 0 Å². The molecule has 11 rings (SSSR count). The molecule has 0 radical (unpaired) electrons. The predicted octanol–water partition coefficient (Wildman–Crippen LogP) is 16.0. The molecule has 0 atom stereocenters. The first-order valence-corrected chi connectivity index (χ1v) is 20.6. The Morgan fingerprint density at radius 1 is 0.386 bits per heavy atom. The molecule has 1 aliphatic rings. The molecule has 10 aromatic rings. The minimum absolute atomic E-state index is 0.0367. The van der Waals surface area contributed by atoms with Crippen LogP contribution in [0.2, 0.25) is 0 Å². The SMILES string of the molecule is CC1(C)c2ccccc2-c2ccc(-c3ccc(N(c4ccc(-c5cccc(-c6cccc7ccccc67)c5)cc4)c4cccc5c4sc4ccccc45)cc3)cc21. The number of benzene rings is 9. The van der Waals surface area contributed by atoms with E-state index < -0.39 is 0 Å². The molecule has 1 nitrogen and oxygen atoms in total. The van der Waals surface area contributed by atoms with Crippen LogP contribution in [0.15, 0.2) is 200 Å². The monoisotopic (exact) mass is 745 g/mol. The largest absolute Gasteiger partial charge is 0.309 e. The van der Waals surface area contributed by atoms with Crippen LogP contribution in [0.1, 0.15) is 25.0 Å². The van der Waals surface area contributed by atoms with E-state index in [1.807, 2.05) is 11.3 Å². The Morgan fingerprint density at radius 3 is 1.75 bits per heavy atom. The maximum atomic E-state index is 2.43. The van der Waals surface area contributed by atoms with Gasteiger partial charge in [-0.1, -0.05) is 166 Å². The van der Waals surface area contributed by atoms with E-state index in [2.05, 4.69) is 219 Å². The highest BCUT2D eigenvalue weighted by Gasteiger charge is 2.35. The molecule has 57 heavy (non-hydrogen) atoms. The topological polar surface area (TPSA) is 3.24 Å². The fourth-order valence-corrected chi connectivity index (χ4v) is 10.4. The summed E-state index contributed by atoms with van der Waals surface area (Å²) in [5.41, 5.74) is 16.2. The smallest absolute Gasteiger partial charge is 0.0640 e. The Hall–Kier alpha value is -6.74. The summed E-state index contributed by atoms with van der Waals surface area (Å²) in [6.45, 7) is 4.70. The van der Waals surface area contributed by atoms with E-state index in [1.54, 1.807) is 0 Å². The minimum atomic E-state index is -0.0367. The summed E-state index contributed by atoms with van der Waals surface area (Å²) in [5.74, 6) is 0. The highest BCUT2D eigenvalue weighted by molar-refractivity contribution is 7.26. The van der Waals surface area contributed by atoms with Gasteiger partial charge in [-0.25, -0.2) is 0 Å². The molecule has 1 heterocycles. The van der Waals surface area contributed by atoms with Crippen LogP contribution in [-0.4, -0.2) is 0 Å². The van der Waals surface area contributed by atoms with E-state index in [0.29, 0.717) is 0 Å². The average Bonchev–Trinajstić information content (AvgIpc) is 3.76. The minimum Gasteiger partial charge on any atom is -0.309 e. The van der Waals surface area contributed by atoms with Crippen LogP contribution in [0.5, 0.6) is 0 Å². The molecule has 1 aliphatic carbocycles. The lowest BCUT2D eigenvalue weighted by molar-refractivity contribution is 0.660. The molecule has 1 aromatic heterocycles. The molecule has 0 saturated heterocycles. The van der Waals surface area contributed by atoms with Crippen molar-refractivity contribution in [3.05, 3.63) is 211 Å². The average molecular weight is 746 g/mol. The lowest BCUT2D eigenvalue weighted by Gasteiger charge is -2.26. The maximum Gasteiger partial charge on any atom is 0.0640 e. The third kappa shape index (κ3) is 5.51. The molecule has 0 aliphatic heterocycles. The molecule has 0 unspecified atom stereocenters. The fourth-order valence-electron chi connectivity index (χ4n) is 9.17. The second-order valence-electron chi connectivity index (χ2n) is 15.7. The van der Waals surface area contributed by atoms with E-state index in [1.165, 1.54) is 92.3 Å². The van der Waals surface area contributed by atoms with Gasteiger partial charge in [-0.2, -0.15) is 0 Å². The van der Waals surface area contributed by atoms with Gasteiger partial charge < -0.3 is 4.90 Å². The van der Waals surface area contributed by atoms with E-state index in [9.17, 15) is 0 Å². The molecule has 0 saturated carbocycles. The summed E-state index contributed by atoms with van der Waals surface area (Å²) in [4.78, 5) is 2.43. The lowest BCUT2D eigenvalue weighted by Crippen LogP contribution is -2.14. The molecule has 9 aromatic carbocycles. The van der Waals surface area contributed by atoms with E-state index in [0.717, 1.165) is 11.4 Å². The second kappa shape index (κ2) is 13.2. The Bertz CT molecular complexity index is 3140. The Balaban J connectivity index is 0.992. The van der Waals surface area contributed by atoms with Crippen LogP contribution in [0.3, 0.4) is 0 Å². The van der Waals surface area contributed by atoms with Crippen molar-refractivity contribution in [1.82, 2.24) is 0 Å². The zero-order valence-electron chi connectivity index (χ0n) is 31.9. The number of rotatable bonds is 6. The van der Waals surface area contributed by atoms with Crippen LogP contribution < -0.4 is 4.90 Å². The number of thiophene rings is 1. The number of fused-ring (bicyclic) bond motifs is 7. The summed E-state index contributed by atoms with van der Waals surface area (Å²) in [6.07, 6.45) is 0. The van der Waals surface area contributed by atoms with Crippen molar-refractivity contribution >= 4 is 59.3 Å². The van der Waals surface area contributed by atoms with Crippen molar-refractivity contribution in [2.45, 2.75) is 19.3 Å². The fraction of sp³-hybridized carbons (Fsp3) is 0.0545. The maximum absolute atomic E-state index is 2.43. The van der Waals surface area contributed by atoms with Gasteiger partial charge in [0, 0.05) is 32.3 Å². The molecule has 270 valence electrons. The summed E-state index contributed by atoms with van der Waals surface area (Å²) < 4.78 is 2.59. The first-order chi connectivity index (χ1) is 28.0. The van der Waals surface area contributed by atoms with Crippen molar-refractivity contribution in [2.24, 2.45) is 0 Å². The molecule has 0 N–H and O–H groups in total. The molecule has 0 amide bonds. The van der Waals surface area contributed by atoms with Gasteiger partial charge >= 0.3 is 0 Å². The summed E-state index contributed by atoms with van der Waals surface area (Å²) >= 11 is 1.87. The van der Waals surface area contributed by atoms with Crippen molar-refractivity contribution in [2.75, 3.05) is 4.90 Å². The number of anilines is 3. The van der Waals surface area contributed by atoms with Gasteiger partial charge in [0.05, 0.1) is 10.4 Å². The summed E-state index contributed by atoms with van der Waals surface area (Å²) in [7, 11) is 0. The normalized spacial score (nSPS) is 12.9. The molecule has 0 fully saturated rings. The quantitative estimate of drug-likeness (QED) is 0.164. The van der Waals surface area contributed by atoms with Gasteiger partial charge in [0.25, 0.3) is 0 Å². The van der Waals surface area contributed by atoms with Gasteiger partial charge in [-0.15, -0.1) is 11.3 Å². The summed E-state index contributed by atoms with van der Waals surface area (Å²) in [6, 6.07) is 73.8. The lowest BCUT2D eigenvalue weighted by atomic mass is 9.81. The summed E-state index contributed by atoms with van der Waals surface area (Å²) in [5, 5.41) is 5.12. The molecular formula is C55H39NS. The van der Waals surface area contributed by atoms with Gasteiger partial charge in [0.2, 0.25) is 0 Å². The number of nitrogens with zero attached hydrogens (tertiary/aromatic N) is 1. The van der Waals surface area contributed by atoms with E-state index in [4.69, 9.17) is 0 Å². The van der Waals surface area contributed by atoms with Crippen molar-refractivity contribution in [1.29, 1.82) is 0 Å². The van der Waals surface area contributed by atoms with Crippen molar-refractivity contribution < 1.29 is 0 Å². The number of hydrogen-bond donors (Lipinski definition) is 0. The van der Waals surface area contributed by atoms with E-state index >= 15 is 0 Å². The Labute approximate surface area is 337 Å². The predicted molar refractivity (Wildman–Crippen MR) is 245 cm³/mol.